The second kappa shape index (κ2) is 2.82. The van der Waals surface area contributed by atoms with E-state index in [1.165, 1.54) is 12.3 Å². The highest BCUT2D eigenvalue weighted by molar-refractivity contribution is 5.87. The van der Waals surface area contributed by atoms with Crippen molar-refractivity contribution in [3.8, 4) is 0 Å². The van der Waals surface area contributed by atoms with E-state index >= 15 is 0 Å². The van der Waals surface area contributed by atoms with Gasteiger partial charge in [-0.15, -0.1) is 4.91 Å². The third kappa shape index (κ3) is 1.12. The van der Waals surface area contributed by atoms with Crippen molar-refractivity contribution in [2.75, 3.05) is 0 Å². The second-order valence-electron chi connectivity index (χ2n) is 2.64. The van der Waals surface area contributed by atoms with Gasteiger partial charge in [0.1, 0.15) is 5.69 Å². The van der Waals surface area contributed by atoms with Gasteiger partial charge in [-0.3, -0.25) is 0 Å². The first-order valence-corrected chi connectivity index (χ1v) is 3.77. The average molecular weight is 174 g/mol. The predicted molar refractivity (Wildman–Crippen MR) is 48.4 cm³/mol. The van der Waals surface area contributed by atoms with Crippen molar-refractivity contribution in [2.24, 2.45) is 5.18 Å². The number of para-hydroxylation sites is 1. The number of benzene rings is 1. The van der Waals surface area contributed by atoms with E-state index in [4.69, 9.17) is 0 Å². The van der Waals surface area contributed by atoms with Gasteiger partial charge in [-0.05, 0) is 11.2 Å². The van der Waals surface area contributed by atoms with E-state index in [9.17, 15) is 10.1 Å². The molecule has 0 N–H and O–H groups in total. The summed E-state index contributed by atoms with van der Waals surface area (Å²) in [6.45, 7) is 0. The number of hydrogen-bond acceptors (Lipinski definition) is 3. The fraction of sp³-hybridized carbons (Fsp3) is 0. The molecule has 0 aliphatic heterocycles. The van der Waals surface area contributed by atoms with Crippen LogP contribution in [0.2, 0.25) is 0 Å². The first-order valence-electron chi connectivity index (χ1n) is 3.77. The minimum Gasteiger partial charge on any atom is -0.618 e. The molecule has 0 bridgehead atoms. The summed E-state index contributed by atoms with van der Waals surface area (Å²) in [5.41, 5.74) is 0.752. The molecule has 0 fully saturated rings. The molecule has 13 heavy (non-hydrogen) atoms. The number of nitrogens with zero attached hydrogens (tertiary/aromatic N) is 2. The van der Waals surface area contributed by atoms with Crippen molar-refractivity contribution in [3.63, 3.8) is 0 Å². The fourth-order valence-corrected chi connectivity index (χ4v) is 1.27. The lowest BCUT2D eigenvalue weighted by Crippen LogP contribution is -2.25. The van der Waals surface area contributed by atoms with Crippen LogP contribution in [0.25, 0.3) is 10.9 Å². The van der Waals surface area contributed by atoms with Crippen LogP contribution in [0, 0.1) is 10.1 Å². The number of pyridine rings is 1. The Kier molecular flexibility index (Phi) is 1.66. The van der Waals surface area contributed by atoms with Gasteiger partial charge < -0.3 is 5.21 Å². The smallest absolute Gasteiger partial charge is 0.226 e. The molecule has 0 aliphatic rings. The van der Waals surface area contributed by atoms with Crippen LogP contribution < -0.4 is 4.73 Å². The third-order valence-corrected chi connectivity index (χ3v) is 1.88. The van der Waals surface area contributed by atoms with Crippen molar-refractivity contribution in [3.05, 3.63) is 46.6 Å². The molecule has 4 heteroatoms. The molecule has 0 unspecified atom stereocenters. The maximum atomic E-state index is 11.2. The molecular formula is C9H6N2O2. The summed E-state index contributed by atoms with van der Waals surface area (Å²) in [5, 5.41) is 14.6. The molecule has 2 aromatic rings. The number of aromatic nitrogens is 1. The molecule has 2 rings (SSSR count). The fourth-order valence-electron chi connectivity index (χ4n) is 1.27. The van der Waals surface area contributed by atoms with Gasteiger partial charge in [0, 0.05) is 12.1 Å². The van der Waals surface area contributed by atoms with Crippen molar-refractivity contribution < 1.29 is 4.73 Å². The minimum atomic E-state index is 0.294. The molecule has 64 valence electrons. The van der Waals surface area contributed by atoms with Crippen LogP contribution in [0.4, 0.5) is 5.69 Å². The minimum absolute atomic E-state index is 0.294. The highest BCUT2D eigenvalue weighted by Gasteiger charge is 2.07. The van der Waals surface area contributed by atoms with E-state index in [2.05, 4.69) is 5.18 Å². The highest BCUT2D eigenvalue weighted by Crippen LogP contribution is 2.21. The second-order valence-corrected chi connectivity index (χ2v) is 2.64. The largest absolute Gasteiger partial charge is 0.618 e. The van der Waals surface area contributed by atoms with E-state index in [0.29, 0.717) is 21.3 Å². The summed E-state index contributed by atoms with van der Waals surface area (Å²) in [7, 11) is 0. The molecule has 0 radical (unpaired) electrons. The van der Waals surface area contributed by atoms with E-state index in [1.54, 1.807) is 24.3 Å². The standard InChI is InChI=1S/C9H6N2O2/c12-10-8-5-6-11(13)9-4-2-1-3-7(8)9/h1-6H. The topological polar surface area (TPSA) is 56.4 Å². The van der Waals surface area contributed by atoms with Crippen LogP contribution in [0.3, 0.4) is 0 Å². The van der Waals surface area contributed by atoms with Crippen LogP contribution >= 0.6 is 0 Å². The van der Waals surface area contributed by atoms with Gasteiger partial charge in [-0.2, -0.15) is 4.73 Å². The summed E-state index contributed by atoms with van der Waals surface area (Å²) in [6.07, 6.45) is 1.28. The number of rotatable bonds is 1. The van der Waals surface area contributed by atoms with Crippen molar-refractivity contribution in [2.45, 2.75) is 0 Å². The van der Waals surface area contributed by atoms with Gasteiger partial charge in [0.2, 0.25) is 5.52 Å². The van der Waals surface area contributed by atoms with E-state index in [-0.39, 0.29) is 0 Å². The zero-order valence-corrected chi connectivity index (χ0v) is 6.68. The van der Waals surface area contributed by atoms with Gasteiger partial charge in [-0.25, -0.2) is 0 Å². The maximum absolute atomic E-state index is 11.2. The van der Waals surface area contributed by atoms with Gasteiger partial charge in [0.25, 0.3) is 0 Å². The van der Waals surface area contributed by atoms with Crippen LogP contribution in [-0.4, -0.2) is 0 Å². The lowest BCUT2D eigenvalue weighted by atomic mass is 10.2. The summed E-state index contributed by atoms with van der Waals surface area (Å²) in [6, 6.07) is 8.25. The highest BCUT2D eigenvalue weighted by atomic mass is 16.5. The van der Waals surface area contributed by atoms with Crippen LogP contribution in [0.15, 0.2) is 41.7 Å². The Bertz CT molecular complexity index is 468. The molecule has 0 atom stereocenters. The Morgan fingerprint density at radius 2 is 2.00 bits per heavy atom. The van der Waals surface area contributed by atoms with Crippen LogP contribution in [-0.2, 0) is 0 Å². The van der Waals surface area contributed by atoms with Crippen molar-refractivity contribution in [1.82, 2.24) is 0 Å². The van der Waals surface area contributed by atoms with Crippen LogP contribution in [0.1, 0.15) is 0 Å². The lowest BCUT2D eigenvalue weighted by molar-refractivity contribution is -0.576. The first kappa shape index (κ1) is 7.67. The quantitative estimate of drug-likeness (QED) is 0.376. The zero-order chi connectivity index (χ0) is 9.26. The molecule has 0 aliphatic carbocycles. The van der Waals surface area contributed by atoms with Gasteiger partial charge in [0.15, 0.2) is 6.20 Å². The monoisotopic (exact) mass is 174 g/mol. The Morgan fingerprint density at radius 3 is 2.77 bits per heavy atom. The Hall–Kier alpha value is -1.97. The molecule has 0 spiro atoms. The van der Waals surface area contributed by atoms with Crippen LogP contribution in [0.5, 0.6) is 0 Å². The molecule has 4 nitrogen and oxygen atoms in total. The van der Waals surface area contributed by atoms with Gasteiger partial charge in [0.05, 0.1) is 5.39 Å². The molecule has 1 aromatic heterocycles. The molecule has 0 amide bonds. The van der Waals surface area contributed by atoms with E-state index < -0.39 is 0 Å². The molecule has 1 heterocycles. The molecule has 0 saturated carbocycles. The zero-order valence-electron chi connectivity index (χ0n) is 6.68. The summed E-state index contributed by atoms with van der Waals surface area (Å²) in [4.78, 5) is 10.4. The summed E-state index contributed by atoms with van der Waals surface area (Å²) in [5.74, 6) is 0. The average Bonchev–Trinajstić information content (AvgIpc) is 2.19. The molecule has 0 saturated heterocycles. The first-order chi connectivity index (χ1) is 6.33. The van der Waals surface area contributed by atoms with Gasteiger partial charge in [-0.1, -0.05) is 12.1 Å². The van der Waals surface area contributed by atoms with Crippen molar-refractivity contribution >= 4 is 16.6 Å². The third-order valence-electron chi connectivity index (χ3n) is 1.88. The Morgan fingerprint density at radius 1 is 1.23 bits per heavy atom. The SMILES string of the molecule is O=Nc1cc[n+]([O-])c2ccccc12. The molecular weight excluding hydrogens is 168 g/mol. The van der Waals surface area contributed by atoms with E-state index in [0.717, 1.165) is 0 Å². The lowest BCUT2D eigenvalue weighted by Gasteiger charge is -2.00. The number of hydrogen-bond donors (Lipinski definition) is 0. The predicted octanol–water partition coefficient (Wildman–Crippen LogP) is 1.87. The maximum Gasteiger partial charge on any atom is 0.226 e. The normalized spacial score (nSPS) is 10.2. The summed E-state index contributed by atoms with van der Waals surface area (Å²) >= 11 is 0. The number of fused-ring (bicyclic) bond motifs is 1. The van der Waals surface area contributed by atoms with E-state index in [1.807, 2.05) is 0 Å². The molecule has 1 aromatic carbocycles. The Balaban J connectivity index is 2.92. The Labute approximate surface area is 74.0 Å². The van der Waals surface area contributed by atoms with Gasteiger partial charge >= 0.3 is 0 Å². The summed E-state index contributed by atoms with van der Waals surface area (Å²) < 4.78 is 0.712. The van der Waals surface area contributed by atoms with Crippen molar-refractivity contribution in [1.29, 1.82) is 0 Å². The number of nitroso groups, excluding NO2 is 1.